The van der Waals surface area contributed by atoms with Crippen LogP contribution in [-0.4, -0.2) is 17.8 Å². The number of benzene rings is 2. The topological polar surface area (TPSA) is 29.4 Å². The predicted molar refractivity (Wildman–Crippen MR) is 77.0 cm³/mol. The van der Waals surface area contributed by atoms with Gasteiger partial charge in [-0.3, -0.25) is 4.79 Å². The number of aliphatic imine (C=N–C) groups is 1. The lowest BCUT2D eigenvalue weighted by Crippen LogP contribution is -2.25. The first-order valence-electron chi connectivity index (χ1n) is 6.66. The van der Waals surface area contributed by atoms with Crippen molar-refractivity contribution in [1.82, 2.24) is 0 Å². The monoisotopic (exact) mass is 267 g/mol. The van der Waals surface area contributed by atoms with Gasteiger partial charge in [0.25, 0.3) is 5.91 Å². The Labute approximate surface area is 117 Å². The third-order valence-corrected chi connectivity index (χ3v) is 3.50. The first kappa shape index (κ1) is 12.7. The molecule has 1 amide bonds. The Hall–Kier alpha value is -2.29. The Bertz CT molecular complexity index is 664. The van der Waals surface area contributed by atoms with Crippen LogP contribution in [0.2, 0.25) is 0 Å². The van der Waals surface area contributed by atoms with Crippen LogP contribution in [0.4, 0.5) is 4.39 Å². The van der Waals surface area contributed by atoms with Gasteiger partial charge < -0.3 is 0 Å². The molecule has 2 aromatic carbocycles. The molecule has 0 saturated heterocycles. The van der Waals surface area contributed by atoms with Crippen LogP contribution in [0.5, 0.6) is 0 Å². The van der Waals surface area contributed by atoms with E-state index < -0.39 is 6.17 Å². The molecule has 100 valence electrons. The Morgan fingerprint density at radius 2 is 1.75 bits per heavy atom. The molecule has 2 nitrogen and oxygen atoms in total. The average Bonchev–Trinajstić information content (AvgIpc) is 2.51. The van der Waals surface area contributed by atoms with Crippen LogP contribution in [0, 0.1) is 0 Å². The molecule has 0 aromatic heterocycles. The lowest BCUT2D eigenvalue weighted by atomic mass is 9.89. The molecule has 0 spiro atoms. The van der Waals surface area contributed by atoms with Crippen LogP contribution in [0.1, 0.15) is 27.9 Å². The number of fused-ring (bicyclic) bond motifs is 1. The Balaban J connectivity index is 2.01. The predicted octanol–water partition coefficient (Wildman–Crippen LogP) is 3.60. The zero-order valence-corrected chi connectivity index (χ0v) is 10.9. The fourth-order valence-electron chi connectivity index (χ4n) is 2.46. The van der Waals surface area contributed by atoms with Crippen LogP contribution in [0.25, 0.3) is 0 Å². The van der Waals surface area contributed by atoms with Crippen molar-refractivity contribution in [3.8, 4) is 0 Å². The van der Waals surface area contributed by atoms with Gasteiger partial charge in [0.05, 0.1) is 5.71 Å². The Kier molecular flexibility index (Phi) is 3.42. The van der Waals surface area contributed by atoms with Crippen LogP contribution in [0.15, 0.2) is 59.6 Å². The number of alkyl halides is 1. The Morgan fingerprint density at radius 1 is 1.05 bits per heavy atom. The zero-order chi connectivity index (χ0) is 13.9. The largest absolute Gasteiger partial charge is 0.277 e. The standard InChI is InChI=1S/C17H14FNO/c18-15-11-10-12-6-4-5-9-14(12)16(15)19-17(20)13-7-2-1-3-8-13/h1-9,15H,10-11H2/b19-16-. The lowest BCUT2D eigenvalue weighted by molar-refractivity contribution is 0.100. The summed E-state index contributed by atoms with van der Waals surface area (Å²) in [6, 6.07) is 16.3. The molecule has 0 saturated carbocycles. The minimum atomic E-state index is -1.17. The van der Waals surface area contributed by atoms with E-state index in [0.717, 1.165) is 11.1 Å². The first-order chi connectivity index (χ1) is 9.75. The van der Waals surface area contributed by atoms with Crippen molar-refractivity contribution in [1.29, 1.82) is 0 Å². The molecular weight excluding hydrogens is 253 g/mol. The van der Waals surface area contributed by atoms with Gasteiger partial charge in [0.15, 0.2) is 0 Å². The zero-order valence-electron chi connectivity index (χ0n) is 10.9. The Morgan fingerprint density at radius 3 is 2.55 bits per heavy atom. The van der Waals surface area contributed by atoms with Crippen LogP contribution in [0.3, 0.4) is 0 Å². The van der Waals surface area contributed by atoms with Gasteiger partial charge in [-0.05, 0) is 30.5 Å². The molecule has 0 aliphatic heterocycles. The van der Waals surface area contributed by atoms with E-state index in [2.05, 4.69) is 4.99 Å². The van der Waals surface area contributed by atoms with E-state index in [9.17, 15) is 9.18 Å². The third kappa shape index (κ3) is 2.39. The minimum Gasteiger partial charge on any atom is -0.267 e. The maximum atomic E-state index is 14.1. The van der Waals surface area contributed by atoms with Crippen molar-refractivity contribution >= 4 is 11.6 Å². The smallest absolute Gasteiger partial charge is 0.267 e. The second-order valence-corrected chi connectivity index (χ2v) is 4.83. The van der Waals surface area contributed by atoms with Crippen molar-refractivity contribution in [2.75, 3.05) is 0 Å². The van der Waals surface area contributed by atoms with E-state index in [-0.39, 0.29) is 11.6 Å². The van der Waals surface area contributed by atoms with Crippen molar-refractivity contribution in [3.63, 3.8) is 0 Å². The number of aryl methyl sites for hydroxylation is 1. The van der Waals surface area contributed by atoms with Gasteiger partial charge in [-0.15, -0.1) is 0 Å². The SMILES string of the molecule is O=C(/N=C1/c2ccccc2CCC1F)c1ccccc1. The van der Waals surface area contributed by atoms with Crippen molar-refractivity contribution in [3.05, 3.63) is 71.3 Å². The molecule has 0 N–H and O–H groups in total. The van der Waals surface area contributed by atoms with Gasteiger partial charge in [-0.25, -0.2) is 9.38 Å². The summed E-state index contributed by atoms with van der Waals surface area (Å²) < 4.78 is 14.1. The number of hydrogen-bond acceptors (Lipinski definition) is 1. The quantitative estimate of drug-likeness (QED) is 0.776. The highest BCUT2D eigenvalue weighted by Gasteiger charge is 2.25. The molecule has 0 heterocycles. The minimum absolute atomic E-state index is 0.265. The molecule has 1 atom stereocenters. The summed E-state index contributed by atoms with van der Waals surface area (Å²) >= 11 is 0. The highest BCUT2D eigenvalue weighted by molar-refractivity contribution is 6.13. The lowest BCUT2D eigenvalue weighted by Gasteiger charge is -2.20. The molecule has 1 unspecified atom stereocenters. The van der Waals surface area contributed by atoms with Gasteiger partial charge in [0.1, 0.15) is 6.17 Å². The maximum absolute atomic E-state index is 14.1. The van der Waals surface area contributed by atoms with E-state index in [1.54, 1.807) is 24.3 Å². The number of rotatable bonds is 1. The molecular formula is C17H14FNO. The summed E-state index contributed by atoms with van der Waals surface area (Å²) in [6.07, 6.45) is -0.0917. The molecule has 2 aromatic rings. The fourth-order valence-corrected chi connectivity index (χ4v) is 2.46. The first-order valence-corrected chi connectivity index (χ1v) is 6.66. The summed E-state index contributed by atoms with van der Waals surface area (Å²) in [5, 5.41) is 0. The highest BCUT2D eigenvalue weighted by Crippen LogP contribution is 2.24. The fraction of sp³-hybridized carbons (Fsp3) is 0.176. The number of nitrogens with zero attached hydrogens (tertiary/aromatic N) is 1. The average molecular weight is 267 g/mol. The molecule has 20 heavy (non-hydrogen) atoms. The number of carbonyl (C=O) groups excluding carboxylic acids is 1. The van der Waals surface area contributed by atoms with Crippen molar-refractivity contribution < 1.29 is 9.18 Å². The van der Waals surface area contributed by atoms with Gasteiger partial charge in [-0.1, -0.05) is 42.5 Å². The molecule has 3 heteroatoms. The summed E-state index contributed by atoms with van der Waals surface area (Å²) in [5.41, 5.74) is 2.56. The molecule has 0 radical (unpaired) electrons. The van der Waals surface area contributed by atoms with Crippen LogP contribution in [-0.2, 0) is 6.42 Å². The summed E-state index contributed by atoms with van der Waals surface area (Å²) in [6.45, 7) is 0. The van der Waals surface area contributed by atoms with Crippen molar-refractivity contribution in [2.24, 2.45) is 4.99 Å². The second-order valence-electron chi connectivity index (χ2n) is 4.83. The van der Waals surface area contributed by atoms with Gasteiger partial charge >= 0.3 is 0 Å². The summed E-state index contributed by atoms with van der Waals surface area (Å²) in [4.78, 5) is 16.1. The number of hydrogen-bond donors (Lipinski definition) is 0. The van der Waals surface area contributed by atoms with E-state index >= 15 is 0 Å². The molecule has 1 aliphatic carbocycles. The van der Waals surface area contributed by atoms with E-state index in [4.69, 9.17) is 0 Å². The van der Waals surface area contributed by atoms with Crippen molar-refractivity contribution in [2.45, 2.75) is 19.0 Å². The number of halogens is 1. The van der Waals surface area contributed by atoms with E-state index in [0.29, 0.717) is 18.4 Å². The molecule has 1 aliphatic rings. The highest BCUT2D eigenvalue weighted by atomic mass is 19.1. The normalized spacial score (nSPS) is 19.6. The molecule has 3 rings (SSSR count). The van der Waals surface area contributed by atoms with Gasteiger partial charge in [-0.2, -0.15) is 0 Å². The molecule has 0 bridgehead atoms. The molecule has 0 fully saturated rings. The van der Waals surface area contributed by atoms with Crippen LogP contribution >= 0.6 is 0 Å². The second kappa shape index (κ2) is 5.37. The van der Waals surface area contributed by atoms with Crippen LogP contribution < -0.4 is 0 Å². The van der Waals surface area contributed by atoms with Gasteiger partial charge in [0.2, 0.25) is 0 Å². The number of amides is 1. The summed E-state index contributed by atoms with van der Waals surface area (Å²) in [7, 11) is 0. The summed E-state index contributed by atoms with van der Waals surface area (Å²) in [5.74, 6) is -0.389. The third-order valence-electron chi connectivity index (χ3n) is 3.50. The maximum Gasteiger partial charge on any atom is 0.277 e. The van der Waals surface area contributed by atoms with E-state index in [1.807, 2.05) is 30.3 Å². The van der Waals surface area contributed by atoms with Gasteiger partial charge in [0, 0.05) is 11.1 Å². The number of carbonyl (C=O) groups is 1. The van der Waals surface area contributed by atoms with E-state index in [1.165, 1.54) is 0 Å².